The summed E-state index contributed by atoms with van der Waals surface area (Å²) in [7, 11) is 1.92. The molecule has 0 saturated carbocycles. The van der Waals surface area contributed by atoms with Gasteiger partial charge in [-0.1, -0.05) is 0 Å². The van der Waals surface area contributed by atoms with Crippen molar-refractivity contribution >= 4 is 16.9 Å². The second kappa shape index (κ2) is 5.81. The number of aryl methyl sites for hydroxylation is 1. The maximum absolute atomic E-state index is 5.47. The summed E-state index contributed by atoms with van der Waals surface area (Å²) >= 11 is 0. The molecule has 118 valence electrons. The minimum atomic E-state index is 0.694. The smallest absolute Gasteiger partial charge is 0.163 e. The maximum atomic E-state index is 5.47. The number of piperazine rings is 1. The molecule has 0 amide bonds. The van der Waals surface area contributed by atoms with Crippen LogP contribution in [0.15, 0.2) is 12.5 Å². The van der Waals surface area contributed by atoms with Crippen LogP contribution in [0.1, 0.15) is 12.8 Å². The minimum Gasteiger partial charge on any atom is -0.381 e. The number of anilines is 1. The third kappa shape index (κ3) is 2.44. The Morgan fingerprint density at radius 2 is 1.86 bits per heavy atom. The van der Waals surface area contributed by atoms with E-state index in [2.05, 4.69) is 24.9 Å². The van der Waals surface area contributed by atoms with Gasteiger partial charge in [0.2, 0.25) is 0 Å². The molecule has 0 spiro atoms. The van der Waals surface area contributed by atoms with Gasteiger partial charge in [-0.05, 0) is 12.8 Å². The van der Waals surface area contributed by atoms with Crippen LogP contribution < -0.4 is 4.90 Å². The molecule has 0 radical (unpaired) electrons. The first-order valence-electron chi connectivity index (χ1n) is 8.02. The molecule has 7 nitrogen and oxygen atoms in total. The second-order valence-corrected chi connectivity index (χ2v) is 6.07. The van der Waals surface area contributed by atoms with Crippen LogP contribution in [0.5, 0.6) is 0 Å². The van der Waals surface area contributed by atoms with Crippen molar-refractivity contribution in [3.8, 4) is 0 Å². The highest BCUT2D eigenvalue weighted by Crippen LogP contribution is 2.24. The van der Waals surface area contributed by atoms with E-state index in [9.17, 15) is 0 Å². The fourth-order valence-corrected chi connectivity index (χ4v) is 3.55. The summed E-state index contributed by atoms with van der Waals surface area (Å²) in [4.78, 5) is 13.8. The monoisotopic (exact) mass is 302 g/mol. The lowest BCUT2D eigenvalue weighted by atomic mass is 10.1. The molecule has 7 heteroatoms. The molecule has 2 fully saturated rings. The Morgan fingerprint density at radius 1 is 1.09 bits per heavy atom. The van der Waals surface area contributed by atoms with Crippen LogP contribution in [0.4, 0.5) is 5.82 Å². The lowest BCUT2D eigenvalue weighted by Gasteiger charge is -2.41. The SMILES string of the molecule is Cn1ncc2c(N3CCN(C4CCOCC4)CC3)ncnc21. The first kappa shape index (κ1) is 13.9. The number of rotatable bonds is 2. The molecule has 0 N–H and O–H groups in total. The molecule has 2 aliphatic heterocycles. The van der Waals surface area contributed by atoms with E-state index in [-0.39, 0.29) is 0 Å². The van der Waals surface area contributed by atoms with Gasteiger partial charge in [-0.25, -0.2) is 9.97 Å². The van der Waals surface area contributed by atoms with Crippen molar-refractivity contribution in [3.63, 3.8) is 0 Å². The van der Waals surface area contributed by atoms with Crippen molar-refractivity contribution in [2.45, 2.75) is 18.9 Å². The number of fused-ring (bicyclic) bond motifs is 1. The maximum Gasteiger partial charge on any atom is 0.163 e. The molecule has 2 saturated heterocycles. The summed E-state index contributed by atoms with van der Waals surface area (Å²) in [5, 5.41) is 5.35. The van der Waals surface area contributed by atoms with E-state index in [0.717, 1.165) is 56.2 Å². The van der Waals surface area contributed by atoms with Gasteiger partial charge in [0.15, 0.2) is 5.65 Å². The van der Waals surface area contributed by atoms with E-state index in [1.165, 1.54) is 12.8 Å². The lowest BCUT2D eigenvalue weighted by Crippen LogP contribution is -2.51. The summed E-state index contributed by atoms with van der Waals surface area (Å²) in [6.07, 6.45) is 5.85. The zero-order valence-electron chi connectivity index (χ0n) is 13.0. The number of ether oxygens (including phenoxy) is 1. The van der Waals surface area contributed by atoms with E-state index in [0.29, 0.717) is 6.04 Å². The molecule has 4 heterocycles. The average Bonchev–Trinajstić information content (AvgIpc) is 2.97. The molecule has 4 rings (SSSR count). The van der Waals surface area contributed by atoms with Crippen molar-refractivity contribution in [2.24, 2.45) is 7.05 Å². The van der Waals surface area contributed by atoms with Crippen molar-refractivity contribution in [1.29, 1.82) is 0 Å². The Bertz CT molecular complexity index is 643. The quantitative estimate of drug-likeness (QED) is 0.812. The zero-order chi connectivity index (χ0) is 14.9. The summed E-state index contributed by atoms with van der Waals surface area (Å²) in [6, 6.07) is 0.694. The fourth-order valence-electron chi connectivity index (χ4n) is 3.55. The first-order chi connectivity index (χ1) is 10.8. The fraction of sp³-hybridized carbons (Fsp3) is 0.667. The van der Waals surface area contributed by atoms with E-state index in [1.807, 2.05) is 13.2 Å². The molecular weight excluding hydrogens is 280 g/mol. The van der Waals surface area contributed by atoms with Crippen LogP contribution >= 0.6 is 0 Å². The predicted octanol–water partition coefficient (Wildman–Crippen LogP) is 0.664. The van der Waals surface area contributed by atoms with Crippen LogP contribution in [-0.2, 0) is 11.8 Å². The highest BCUT2D eigenvalue weighted by Gasteiger charge is 2.26. The number of aromatic nitrogens is 4. The largest absolute Gasteiger partial charge is 0.381 e. The van der Waals surface area contributed by atoms with Gasteiger partial charge in [0, 0.05) is 52.5 Å². The van der Waals surface area contributed by atoms with Crippen molar-refractivity contribution in [3.05, 3.63) is 12.5 Å². The van der Waals surface area contributed by atoms with E-state index in [1.54, 1.807) is 11.0 Å². The van der Waals surface area contributed by atoms with Crippen LogP contribution in [0.25, 0.3) is 11.0 Å². The molecule has 2 aromatic rings. The van der Waals surface area contributed by atoms with Gasteiger partial charge in [0.1, 0.15) is 12.1 Å². The minimum absolute atomic E-state index is 0.694. The van der Waals surface area contributed by atoms with E-state index >= 15 is 0 Å². The highest BCUT2D eigenvalue weighted by molar-refractivity contribution is 5.86. The number of hydrogen-bond acceptors (Lipinski definition) is 6. The summed E-state index contributed by atoms with van der Waals surface area (Å²) in [5.41, 5.74) is 0.900. The summed E-state index contributed by atoms with van der Waals surface area (Å²) < 4.78 is 7.27. The van der Waals surface area contributed by atoms with Crippen LogP contribution in [-0.4, -0.2) is 70.1 Å². The molecule has 2 aromatic heterocycles. The molecule has 0 aromatic carbocycles. The molecular formula is C15H22N6O. The summed E-state index contributed by atoms with van der Waals surface area (Å²) in [5.74, 6) is 1.02. The molecule has 2 aliphatic rings. The standard InChI is InChI=1S/C15H22N6O/c1-19-14-13(10-18-19)15(17-11-16-14)21-6-4-20(5-7-21)12-2-8-22-9-3-12/h10-12H,2-9H2,1H3. The van der Waals surface area contributed by atoms with Gasteiger partial charge in [-0.3, -0.25) is 9.58 Å². The highest BCUT2D eigenvalue weighted by atomic mass is 16.5. The van der Waals surface area contributed by atoms with Crippen molar-refractivity contribution < 1.29 is 4.74 Å². The molecule has 0 unspecified atom stereocenters. The van der Waals surface area contributed by atoms with Gasteiger partial charge in [-0.2, -0.15) is 5.10 Å². The van der Waals surface area contributed by atoms with Crippen molar-refractivity contribution in [1.82, 2.24) is 24.6 Å². The van der Waals surface area contributed by atoms with E-state index in [4.69, 9.17) is 4.74 Å². The van der Waals surface area contributed by atoms with Gasteiger partial charge in [0.25, 0.3) is 0 Å². The van der Waals surface area contributed by atoms with Crippen LogP contribution in [0.3, 0.4) is 0 Å². The second-order valence-electron chi connectivity index (χ2n) is 6.07. The van der Waals surface area contributed by atoms with E-state index < -0.39 is 0 Å². The molecule has 0 bridgehead atoms. The van der Waals surface area contributed by atoms with Gasteiger partial charge in [-0.15, -0.1) is 0 Å². The topological polar surface area (TPSA) is 59.3 Å². The van der Waals surface area contributed by atoms with Crippen molar-refractivity contribution in [2.75, 3.05) is 44.3 Å². The first-order valence-corrected chi connectivity index (χ1v) is 8.02. The number of nitrogens with zero attached hydrogens (tertiary/aromatic N) is 6. The van der Waals surface area contributed by atoms with Crippen LogP contribution in [0, 0.1) is 0 Å². The lowest BCUT2D eigenvalue weighted by molar-refractivity contribution is 0.0321. The zero-order valence-corrected chi connectivity index (χ0v) is 13.0. The Hall–Kier alpha value is -1.73. The third-order valence-electron chi connectivity index (χ3n) is 4.83. The molecule has 0 atom stereocenters. The predicted molar refractivity (Wildman–Crippen MR) is 83.9 cm³/mol. The average molecular weight is 302 g/mol. The van der Waals surface area contributed by atoms with Crippen LogP contribution in [0.2, 0.25) is 0 Å². The third-order valence-corrected chi connectivity index (χ3v) is 4.83. The molecule has 22 heavy (non-hydrogen) atoms. The Labute approximate surface area is 129 Å². The van der Waals surface area contributed by atoms with Gasteiger partial charge < -0.3 is 9.64 Å². The van der Waals surface area contributed by atoms with Gasteiger partial charge in [0.05, 0.1) is 11.6 Å². The Balaban J connectivity index is 1.48. The Morgan fingerprint density at radius 3 is 2.64 bits per heavy atom. The van der Waals surface area contributed by atoms with Gasteiger partial charge >= 0.3 is 0 Å². The molecule has 0 aliphatic carbocycles. The Kier molecular flexibility index (Phi) is 3.67. The number of hydrogen-bond donors (Lipinski definition) is 0. The summed E-state index contributed by atoms with van der Waals surface area (Å²) in [6.45, 7) is 6.03. The normalized spacial score (nSPS) is 21.6.